The first-order valence-electron chi connectivity index (χ1n) is 7.94. The molecule has 0 aliphatic carbocycles. The Morgan fingerprint density at radius 2 is 1.31 bits per heavy atom. The molecule has 0 aliphatic rings. The van der Waals surface area contributed by atoms with E-state index in [9.17, 15) is 14.4 Å². The summed E-state index contributed by atoms with van der Waals surface area (Å²) in [6, 6.07) is 16.7. The second kappa shape index (κ2) is 9.95. The van der Waals surface area contributed by atoms with Crippen LogP contribution in [0.1, 0.15) is 20.7 Å². The standard InChI is InChI=1S/C19H19NO6/c20-11-16(12-24-18(22)14-7-3-1-4-8-14)26-17(21)13-25-19(23)15-9-5-2-6-10-15/h1-10,16H,11-13,20H2. The first-order valence-corrected chi connectivity index (χ1v) is 7.94. The van der Waals surface area contributed by atoms with Crippen molar-refractivity contribution in [2.75, 3.05) is 19.8 Å². The van der Waals surface area contributed by atoms with E-state index in [-0.39, 0.29) is 13.2 Å². The largest absolute Gasteiger partial charge is 0.458 e. The molecule has 1 unspecified atom stereocenters. The van der Waals surface area contributed by atoms with E-state index in [0.717, 1.165) is 0 Å². The predicted octanol–water partition coefficient (Wildman–Crippen LogP) is 1.57. The summed E-state index contributed by atoms with van der Waals surface area (Å²) in [6.45, 7) is -0.792. The van der Waals surface area contributed by atoms with E-state index in [4.69, 9.17) is 19.9 Å². The number of hydrogen-bond acceptors (Lipinski definition) is 7. The highest BCUT2D eigenvalue weighted by Gasteiger charge is 2.18. The number of ether oxygens (including phenoxy) is 3. The van der Waals surface area contributed by atoms with Crippen LogP contribution in [0.25, 0.3) is 0 Å². The molecule has 0 aliphatic heterocycles. The molecule has 1 atom stereocenters. The van der Waals surface area contributed by atoms with Gasteiger partial charge in [0.15, 0.2) is 6.61 Å². The van der Waals surface area contributed by atoms with E-state index in [0.29, 0.717) is 11.1 Å². The highest BCUT2D eigenvalue weighted by Crippen LogP contribution is 2.04. The SMILES string of the molecule is NCC(COC(=O)c1ccccc1)OC(=O)COC(=O)c1ccccc1. The van der Waals surface area contributed by atoms with Crippen molar-refractivity contribution in [2.24, 2.45) is 5.73 Å². The number of benzene rings is 2. The van der Waals surface area contributed by atoms with Crippen LogP contribution in [0.4, 0.5) is 0 Å². The lowest BCUT2D eigenvalue weighted by Gasteiger charge is -2.16. The molecule has 0 saturated carbocycles. The van der Waals surface area contributed by atoms with Crippen LogP contribution in [-0.4, -0.2) is 43.8 Å². The number of rotatable bonds is 8. The van der Waals surface area contributed by atoms with Crippen molar-refractivity contribution in [2.45, 2.75) is 6.10 Å². The van der Waals surface area contributed by atoms with Gasteiger partial charge in [0, 0.05) is 6.54 Å². The van der Waals surface area contributed by atoms with Gasteiger partial charge in [0.2, 0.25) is 0 Å². The third-order valence-electron chi connectivity index (χ3n) is 3.30. The van der Waals surface area contributed by atoms with Crippen LogP contribution < -0.4 is 5.73 Å². The summed E-state index contributed by atoms with van der Waals surface area (Å²) < 4.78 is 15.0. The van der Waals surface area contributed by atoms with Crippen molar-refractivity contribution in [1.29, 1.82) is 0 Å². The molecule has 2 aromatic rings. The molecule has 2 aromatic carbocycles. The van der Waals surface area contributed by atoms with E-state index >= 15 is 0 Å². The van der Waals surface area contributed by atoms with Gasteiger partial charge < -0.3 is 19.9 Å². The Labute approximate surface area is 150 Å². The van der Waals surface area contributed by atoms with Crippen molar-refractivity contribution in [3.63, 3.8) is 0 Å². The fourth-order valence-corrected chi connectivity index (χ4v) is 1.98. The lowest BCUT2D eigenvalue weighted by atomic mass is 10.2. The van der Waals surface area contributed by atoms with Crippen LogP contribution in [0.15, 0.2) is 60.7 Å². The van der Waals surface area contributed by atoms with Crippen molar-refractivity contribution in [3.05, 3.63) is 71.8 Å². The minimum absolute atomic E-state index is 0.0412. The summed E-state index contributed by atoms with van der Waals surface area (Å²) in [5.74, 6) is -1.96. The smallest absolute Gasteiger partial charge is 0.344 e. The van der Waals surface area contributed by atoms with Crippen molar-refractivity contribution in [3.8, 4) is 0 Å². The van der Waals surface area contributed by atoms with Gasteiger partial charge in [-0.2, -0.15) is 0 Å². The van der Waals surface area contributed by atoms with E-state index in [1.165, 1.54) is 0 Å². The minimum atomic E-state index is -0.828. The number of hydrogen-bond donors (Lipinski definition) is 1. The molecule has 0 saturated heterocycles. The first kappa shape index (κ1) is 19.1. The van der Waals surface area contributed by atoms with Gasteiger partial charge in [-0.15, -0.1) is 0 Å². The number of carbonyl (C=O) groups is 3. The molecule has 0 heterocycles. The third-order valence-corrected chi connectivity index (χ3v) is 3.30. The molecule has 7 nitrogen and oxygen atoms in total. The predicted molar refractivity (Wildman–Crippen MR) is 92.4 cm³/mol. The van der Waals surface area contributed by atoms with Gasteiger partial charge in [-0.25, -0.2) is 14.4 Å². The van der Waals surface area contributed by atoms with E-state index in [2.05, 4.69) is 0 Å². The summed E-state index contributed by atoms with van der Waals surface area (Å²) in [7, 11) is 0. The first-order chi connectivity index (χ1) is 12.6. The fraction of sp³-hybridized carbons (Fsp3) is 0.211. The molecule has 0 radical (unpaired) electrons. The Bertz CT molecular complexity index is 732. The summed E-state index contributed by atoms with van der Waals surface area (Å²) in [6.07, 6.45) is -0.828. The molecule has 26 heavy (non-hydrogen) atoms. The third kappa shape index (κ3) is 6.03. The zero-order valence-corrected chi connectivity index (χ0v) is 14.0. The molecule has 2 N–H and O–H groups in total. The topological polar surface area (TPSA) is 105 Å². The number of carbonyl (C=O) groups excluding carboxylic acids is 3. The van der Waals surface area contributed by atoms with Gasteiger partial charge in [-0.3, -0.25) is 0 Å². The molecule has 0 spiro atoms. The van der Waals surface area contributed by atoms with Crippen molar-refractivity contribution in [1.82, 2.24) is 0 Å². The molecule has 7 heteroatoms. The minimum Gasteiger partial charge on any atom is -0.458 e. The van der Waals surface area contributed by atoms with Gasteiger partial charge in [0.05, 0.1) is 11.1 Å². The Morgan fingerprint density at radius 1 is 0.808 bits per heavy atom. The molecule has 0 fully saturated rings. The van der Waals surface area contributed by atoms with E-state index in [1.54, 1.807) is 60.7 Å². The van der Waals surface area contributed by atoms with Crippen LogP contribution in [0.2, 0.25) is 0 Å². The maximum atomic E-state index is 11.8. The van der Waals surface area contributed by atoms with Crippen molar-refractivity contribution < 1.29 is 28.6 Å². The molecule has 136 valence electrons. The molecule has 0 amide bonds. The molecule has 0 aromatic heterocycles. The maximum absolute atomic E-state index is 11.8. The highest BCUT2D eigenvalue weighted by molar-refractivity contribution is 5.90. The second-order valence-electron chi connectivity index (χ2n) is 5.25. The van der Waals surface area contributed by atoms with E-state index < -0.39 is 30.6 Å². The van der Waals surface area contributed by atoms with Gasteiger partial charge in [-0.05, 0) is 24.3 Å². The van der Waals surface area contributed by atoms with Gasteiger partial charge in [0.25, 0.3) is 0 Å². The summed E-state index contributed by atoms with van der Waals surface area (Å²) in [5, 5.41) is 0. The molecule has 2 rings (SSSR count). The Hall–Kier alpha value is -3.19. The molecular weight excluding hydrogens is 338 g/mol. The second-order valence-corrected chi connectivity index (χ2v) is 5.25. The van der Waals surface area contributed by atoms with Gasteiger partial charge >= 0.3 is 17.9 Å². The summed E-state index contributed by atoms with van der Waals surface area (Å²) >= 11 is 0. The summed E-state index contributed by atoms with van der Waals surface area (Å²) in [5.41, 5.74) is 6.22. The fourth-order valence-electron chi connectivity index (χ4n) is 1.98. The van der Waals surface area contributed by atoms with Gasteiger partial charge in [-0.1, -0.05) is 36.4 Å². The average Bonchev–Trinajstić information content (AvgIpc) is 2.70. The Morgan fingerprint density at radius 3 is 1.81 bits per heavy atom. The zero-order chi connectivity index (χ0) is 18.8. The van der Waals surface area contributed by atoms with Crippen LogP contribution >= 0.6 is 0 Å². The van der Waals surface area contributed by atoms with Gasteiger partial charge in [0.1, 0.15) is 12.7 Å². The van der Waals surface area contributed by atoms with Crippen LogP contribution in [0.3, 0.4) is 0 Å². The van der Waals surface area contributed by atoms with Crippen LogP contribution in [0, 0.1) is 0 Å². The molecule has 0 bridgehead atoms. The Balaban J connectivity index is 1.75. The normalized spacial score (nSPS) is 11.3. The maximum Gasteiger partial charge on any atom is 0.344 e. The van der Waals surface area contributed by atoms with Crippen LogP contribution in [0.5, 0.6) is 0 Å². The lowest BCUT2D eigenvalue weighted by Crippen LogP contribution is -2.33. The average molecular weight is 357 g/mol. The lowest BCUT2D eigenvalue weighted by molar-refractivity contribution is -0.154. The zero-order valence-electron chi connectivity index (χ0n) is 14.0. The quantitative estimate of drug-likeness (QED) is 0.565. The monoisotopic (exact) mass is 357 g/mol. The number of esters is 3. The highest BCUT2D eigenvalue weighted by atomic mass is 16.6. The summed E-state index contributed by atoms with van der Waals surface area (Å²) in [4.78, 5) is 35.4. The van der Waals surface area contributed by atoms with Crippen molar-refractivity contribution >= 4 is 17.9 Å². The van der Waals surface area contributed by atoms with E-state index in [1.807, 2.05) is 0 Å². The Kier molecular flexibility index (Phi) is 7.32. The number of nitrogens with two attached hydrogens (primary N) is 1. The molecular formula is C19H19NO6. The van der Waals surface area contributed by atoms with Crippen LogP contribution in [-0.2, 0) is 19.0 Å².